The van der Waals surface area contributed by atoms with Gasteiger partial charge in [0, 0.05) is 32.5 Å². The van der Waals surface area contributed by atoms with E-state index in [4.69, 9.17) is 4.74 Å². The standard InChI is InChI=1S/C12H20N2O3/c15-11-4-1-2-6-13(11)8-9-17-10-14-7-3-5-12(14)16/h1-10H2. The monoisotopic (exact) mass is 240 g/mol. The Morgan fingerprint density at radius 1 is 0.941 bits per heavy atom. The van der Waals surface area contributed by atoms with Crippen LogP contribution in [0.25, 0.3) is 0 Å². The van der Waals surface area contributed by atoms with Gasteiger partial charge in [0.05, 0.1) is 6.61 Å². The van der Waals surface area contributed by atoms with Crippen molar-refractivity contribution in [3.8, 4) is 0 Å². The number of likely N-dealkylation sites (tertiary alicyclic amines) is 2. The molecule has 0 N–H and O–H groups in total. The quantitative estimate of drug-likeness (QED) is 0.661. The van der Waals surface area contributed by atoms with E-state index >= 15 is 0 Å². The highest BCUT2D eigenvalue weighted by Gasteiger charge is 2.20. The first-order valence-electron chi connectivity index (χ1n) is 6.40. The number of carbonyl (C=O) groups excluding carboxylic acids is 2. The Kier molecular flexibility index (Phi) is 4.36. The third-order valence-corrected chi connectivity index (χ3v) is 3.35. The Labute approximate surface area is 102 Å². The van der Waals surface area contributed by atoms with Gasteiger partial charge in [-0.2, -0.15) is 0 Å². The Bertz CT molecular complexity index is 293. The van der Waals surface area contributed by atoms with Crippen LogP contribution in [0, 0.1) is 0 Å². The lowest BCUT2D eigenvalue weighted by Gasteiger charge is -2.26. The summed E-state index contributed by atoms with van der Waals surface area (Å²) in [6, 6.07) is 0. The SMILES string of the molecule is O=C1CCCCN1CCOCN1CCCC1=O. The van der Waals surface area contributed by atoms with E-state index in [9.17, 15) is 9.59 Å². The minimum absolute atomic E-state index is 0.180. The van der Waals surface area contributed by atoms with Crippen LogP contribution in [-0.2, 0) is 14.3 Å². The molecule has 0 aromatic carbocycles. The Hall–Kier alpha value is -1.10. The average molecular weight is 240 g/mol. The first-order chi connectivity index (χ1) is 8.27. The van der Waals surface area contributed by atoms with Gasteiger partial charge in [-0.1, -0.05) is 0 Å². The molecular weight excluding hydrogens is 220 g/mol. The molecule has 2 aliphatic heterocycles. The second kappa shape index (κ2) is 6.00. The van der Waals surface area contributed by atoms with Gasteiger partial charge < -0.3 is 14.5 Å². The summed E-state index contributed by atoms with van der Waals surface area (Å²) in [6.07, 6.45) is 4.36. The summed E-state index contributed by atoms with van der Waals surface area (Å²) in [5.74, 6) is 0.413. The van der Waals surface area contributed by atoms with Gasteiger partial charge in [0.2, 0.25) is 11.8 Å². The summed E-state index contributed by atoms with van der Waals surface area (Å²) in [5, 5.41) is 0. The second-order valence-corrected chi connectivity index (χ2v) is 4.64. The van der Waals surface area contributed by atoms with Crippen LogP contribution in [0.3, 0.4) is 0 Å². The van der Waals surface area contributed by atoms with E-state index in [-0.39, 0.29) is 11.8 Å². The zero-order chi connectivity index (χ0) is 12.1. The molecule has 2 rings (SSSR count). The summed E-state index contributed by atoms with van der Waals surface area (Å²) in [4.78, 5) is 26.4. The van der Waals surface area contributed by atoms with Crippen LogP contribution in [-0.4, -0.2) is 54.6 Å². The van der Waals surface area contributed by atoms with Crippen LogP contribution in [0.2, 0.25) is 0 Å². The minimum Gasteiger partial charge on any atom is -0.359 e. The largest absolute Gasteiger partial charge is 0.359 e. The smallest absolute Gasteiger partial charge is 0.224 e. The average Bonchev–Trinajstić information content (AvgIpc) is 2.73. The molecule has 0 unspecified atom stereocenters. The number of piperidine rings is 1. The normalized spacial score (nSPS) is 21.4. The van der Waals surface area contributed by atoms with Gasteiger partial charge in [0.25, 0.3) is 0 Å². The fourth-order valence-corrected chi connectivity index (χ4v) is 2.29. The zero-order valence-corrected chi connectivity index (χ0v) is 10.2. The molecule has 2 fully saturated rings. The van der Waals surface area contributed by atoms with Crippen molar-refractivity contribution < 1.29 is 14.3 Å². The number of nitrogens with zero attached hydrogens (tertiary/aromatic N) is 2. The Balaban J connectivity index is 1.59. The highest BCUT2D eigenvalue weighted by atomic mass is 16.5. The van der Waals surface area contributed by atoms with Gasteiger partial charge in [0.15, 0.2) is 0 Å². The molecule has 0 bridgehead atoms. The van der Waals surface area contributed by atoms with Gasteiger partial charge in [-0.15, -0.1) is 0 Å². The fourth-order valence-electron chi connectivity index (χ4n) is 2.29. The minimum atomic E-state index is 0.180. The summed E-state index contributed by atoms with van der Waals surface area (Å²) in [7, 11) is 0. The maximum absolute atomic E-state index is 11.5. The number of hydrogen-bond acceptors (Lipinski definition) is 3. The highest BCUT2D eigenvalue weighted by molar-refractivity contribution is 5.78. The van der Waals surface area contributed by atoms with E-state index in [1.165, 1.54) is 0 Å². The van der Waals surface area contributed by atoms with Crippen molar-refractivity contribution in [2.45, 2.75) is 32.1 Å². The Morgan fingerprint density at radius 3 is 2.35 bits per heavy atom. The number of carbonyl (C=O) groups is 2. The lowest BCUT2D eigenvalue weighted by molar-refractivity contribution is -0.137. The van der Waals surface area contributed by atoms with Crippen LogP contribution in [0.5, 0.6) is 0 Å². The number of ether oxygens (including phenoxy) is 1. The highest BCUT2D eigenvalue weighted by Crippen LogP contribution is 2.11. The van der Waals surface area contributed by atoms with Gasteiger partial charge in [-0.05, 0) is 19.3 Å². The first-order valence-corrected chi connectivity index (χ1v) is 6.40. The molecule has 17 heavy (non-hydrogen) atoms. The fraction of sp³-hybridized carbons (Fsp3) is 0.833. The summed E-state index contributed by atoms with van der Waals surface area (Å²) >= 11 is 0. The predicted octanol–water partition coefficient (Wildman–Crippen LogP) is 0.595. The van der Waals surface area contributed by atoms with Gasteiger partial charge in [-0.25, -0.2) is 0 Å². The lowest BCUT2D eigenvalue weighted by Crippen LogP contribution is -2.38. The van der Waals surface area contributed by atoms with Crippen molar-refractivity contribution in [3.63, 3.8) is 0 Å². The van der Waals surface area contributed by atoms with Crippen molar-refractivity contribution in [2.24, 2.45) is 0 Å². The van der Waals surface area contributed by atoms with E-state index < -0.39 is 0 Å². The van der Waals surface area contributed by atoms with E-state index in [1.807, 2.05) is 4.90 Å². The molecular formula is C12H20N2O3. The maximum Gasteiger partial charge on any atom is 0.224 e. The molecule has 96 valence electrons. The molecule has 2 amide bonds. The van der Waals surface area contributed by atoms with E-state index in [1.54, 1.807) is 4.90 Å². The van der Waals surface area contributed by atoms with E-state index in [0.717, 1.165) is 32.4 Å². The van der Waals surface area contributed by atoms with Gasteiger partial charge in [-0.3, -0.25) is 9.59 Å². The molecule has 5 heteroatoms. The van der Waals surface area contributed by atoms with Crippen molar-refractivity contribution in [1.29, 1.82) is 0 Å². The van der Waals surface area contributed by atoms with E-state index in [2.05, 4.69) is 0 Å². The summed E-state index contributed by atoms with van der Waals surface area (Å²) in [5.41, 5.74) is 0. The topological polar surface area (TPSA) is 49.9 Å². The van der Waals surface area contributed by atoms with Crippen LogP contribution in [0.15, 0.2) is 0 Å². The van der Waals surface area contributed by atoms with Crippen LogP contribution in [0.1, 0.15) is 32.1 Å². The van der Waals surface area contributed by atoms with Crippen LogP contribution >= 0.6 is 0 Å². The summed E-state index contributed by atoms with van der Waals surface area (Å²) in [6.45, 7) is 3.21. The molecule has 0 radical (unpaired) electrons. The molecule has 2 heterocycles. The number of hydrogen-bond donors (Lipinski definition) is 0. The van der Waals surface area contributed by atoms with Gasteiger partial charge >= 0.3 is 0 Å². The molecule has 2 saturated heterocycles. The molecule has 5 nitrogen and oxygen atoms in total. The predicted molar refractivity (Wildman–Crippen MR) is 62.2 cm³/mol. The lowest BCUT2D eigenvalue weighted by atomic mass is 10.1. The molecule has 0 aromatic heterocycles. The van der Waals surface area contributed by atoms with Crippen molar-refractivity contribution in [1.82, 2.24) is 9.80 Å². The summed E-state index contributed by atoms with van der Waals surface area (Å²) < 4.78 is 5.45. The third-order valence-electron chi connectivity index (χ3n) is 3.35. The maximum atomic E-state index is 11.5. The molecule has 0 spiro atoms. The number of rotatable bonds is 5. The number of amides is 2. The first kappa shape index (κ1) is 12.4. The molecule has 0 aliphatic carbocycles. The van der Waals surface area contributed by atoms with E-state index in [0.29, 0.717) is 32.7 Å². The van der Waals surface area contributed by atoms with Crippen molar-refractivity contribution in [3.05, 3.63) is 0 Å². The van der Waals surface area contributed by atoms with Crippen LogP contribution < -0.4 is 0 Å². The van der Waals surface area contributed by atoms with Gasteiger partial charge in [0.1, 0.15) is 6.73 Å². The Morgan fingerprint density at radius 2 is 1.65 bits per heavy atom. The molecule has 0 aromatic rings. The third kappa shape index (κ3) is 3.43. The van der Waals surface area contributed by atoms with Crippen LogP contribution in [0.4, 0.5) is 0 Å². The zero-order valence-electron chi connectivity index (χ0n) is 10.2. The van der Waals surface area contributed by atoms with Crippen molar-refractivity contribution >= 4 is 11.8 Å². The molecule has 2 aliphatic rings. The molecule has 0 saturated carbocycles. The second-order valence-electron chi connectivity index (χ2n) is 4.64. The van der Waals surface area contributed by atoms with Crippen molar-refractivity contribution in [2.75, 3.05) is 33.0 Å². The molecule has 0 atom stereocenters.